The van der Waals surface area contributed by atoms with Crippen molar-refractivity contribution in [1.82, 2.24) is 9.80 Å². The molecule has 1 rings (SSSR count). The highest BCUT2D eigenvalue weighted by Gasteiger charge is 2.35. The van der Waals surface area contributed by atoms with E-state index in [9.17, 15) is 9.59 Å². The number of carbonyl (C=O) groups excluding carboxylic acids is 1. The fourth-order valence-electron chi connectivity index (χ4n) is 2.15. The first-order chi connectivity index (χ1) is 7.90. The molecule has 94 valence electrons. The van der Waals surface area contributed by atoms with E-state index < -0.39 is 5.97 Å². The standard InChI is InChI=1S/C12H18N2O3/c1-5-14-7-6-9(11(14)15)10(13(3)4)8(2)12(16)17/h5,9H,1,6-7H2,2-4H3,(H,16,17). The molecular formula is C12H18N2O3. The summed E-state index contributed by atoms with van der Waals surface area (Å²) in [5, 5.41) is 9.04. The van der Waals surface area contributed by atoms with Crippen molar-refractivity contribution >= 4 is 11.9 Å². The summed E-state index contributed by atoms with van der Waals surface area (Å²) in [5.41, 5.74) is 0.797. The van der Waals surface area contributed by atoms with Gasteiger partial charge in [0.25, 0.3) is 0 Å². The average molecular weight is 238 g/mol. The summed E-state index contributed by atoms with van der Waals surface area (Å²) in [4.78, 5) is 26.3. The first-order valence-electron chi connectivity index (χ1n) is 5.44. The van der Waals surface area contributed by atoms with Gasteiger partial charge < -0.3 is 14.9 Å². The van der Waals surface area contributed by atoms with Crippen molar-refractivity contribution in [1.29, 1.82) is 0 Å². The quantitative estimate of drug-likeness (QED) is 0.739. The van der Waals surface area contributed by atoms with Crippen LogP contribution in [0.3, 0.4) is 0 Å². The van der Waals surface area contributed by atoms with Gasteiger partial charge in [-0.15, -0.1) is 0 Å². The van der Waals surface area contributed by atoms with Crippen LogP contribution in [0.2, 0.25) is 0 Å². The maximum atomic E-state index is 12.0. The van der Waals surface area contributed by atoms with Crippen LogP contribution in [0.25, 0.3) is 0 Å². The zero-order valence-electron chi connectivity index (χ0n) is 10.4. The number of hydrogen-bond acceptors (Lipinski definition) is 3. The summed E-state index contributed by atoms with van der Waals surface area (Å²) in [6.07, 6.45) is 2.12. The second kappa shape index (κ2) is 5.03. The Morgan fingerprint density at radius 1 is 1.59 bits per heavy atom. The van der Waals surface area contributed by atoms with Gasteiger partial charge in [-0.3, -0.25) is 4.79 Å². The lowest BCUT2D eigenvalue weighted by atomic mass is 9.98. The minimum absolute atomic E-state index is 0.0794. The Morgan fingerprint density at radius 2 is 2.18 bits per heavy atom. The Bertz CT molecular complexity index is 385. The largest absolute Gasteiger partial charge is 0.478 e. The van der Waals surface area contributed by atoms with Crippen LogP contribution in [0.5, 0.6) is 0 Å². The number of rotatable bonds is 4. The fraction of sp³-hybridized carbons (Fsp3) is 0.500. The van der Waals surface area contributed by atoms with Gasteiger partial charge in [0.2, 0.25) is 5.91 Å². The minimum atomic E-state index is -0.987. The van der Waals surface area contributed by atoms with E-state index in [1.54, 1.807) is 19.0 Å². The third kappa shape index (κ3) is 2.49. The van der Waals surface area contributed by atoms with Crippen molar-refractivity contribution in [2.45, 2.75) is 13.3 Å². The lowest BCUT2D eigenvalue weighted by Crippen LogP contribution is -2.29. The molecule has 1 saturated heterocycles. The molecule has 0 aromatic heterocycles. The van der Waals surface area contributed by atoms with Crippen LogP contribution < -0.4 is 0 Å². The van der Waals surface area contributed by atoms with Crippen LogP contribution in [0.4, 0.5) is 0 Å². The number of aliphatic carboxylic acids is 1. The Balaban J connectivity index is 3.11. The third-order valence-electron chi connectivity index (χ3n) is 2.98. The molecule has 1 aliphatic heterocycles. The molecule has 1 amide bonds. The third-order valence-corrected chi connectivity index (χ3v) is 2.98. The highest BCUT2D eigenvalue weighted by atomic mass is 16.4. The lowest BCUT2D eigenvalue weighted by molar-refractivity contribution is -0.132. The van der Waals surface area contributed by atoms with E-state index >= 15 is 0 Å². The molecule has 0 radical (unpaired) electrons. The SMILES string of the molecule is C=CN1CCC(C(=C(C)C(=O)O)N(C)C)C1=O. The van der Waals surface area contributed by atoms with Crippen molar-refractivity contribution in [2.24, 2.45) is 5.92 Å². The molecule has 1 unspecified atom stereocenters. The first kappa shape index (κ1) is 13.3. The van der Waals surface area contributed by atoms with Crippen LogP contribution in [-0.2, 0) is 9.59 Å². The van der Waals surface area contributed by atoms with Crippen molar-refractivity contribution < 1.29 is 14.7 Å². The van der Waals surface area contributed by atoms with Gasteiger partial charge in [-0.05, 0) is 19.5 Å². The average Bonchev–Trinajstić information content (AvgIpc) is 2.60. The summed E-state index contributed by atoms with van der Waals surface area (Å²) in [7, 11) is 3.51. The molecule has 0 aromatic carbocycles. The molecule has 17 heavy (non-hydrogen) atoms. The highest BCUT2D eigenvalue weighted by molar-refractivity contribution is 5.91. The van der Waals surface area contributed by atoms with Gasteiger partial charge in [-0.1, -0.05) is 6.58 Å². The molecule has 1 N–H and O–H groups in total. The number of carboxylic acid groups (broad SMARTS) is 1. The summed E-state index contributed by atoms with van der Waals surface area (Å²) in [6.45, 7) is 5.69. The zero-order chi connectivity index (χ0) is 13.2. The van der Waals surface area contributed by atoms with Gasteiger partial charge >= 0.3 is 5.97 Å². The monoisotopic (exact) mass is 238 g/mol. The Hall–Kier alpha value is -1.78. The number of nitrogens with zero attached hydrogens (tertiary/aromatic N) is 2. The summed E-state index contributed by atoms with van der Waals surface area (Å²) >= 11 is 0. The molecule has 0 saturated carbocycles. The van der Waals surface area contributed by atoms with E-state index in [0.29, 0.717) is 18.7 Å². The van der Waals surface area contributed by atoms with E-state index in [2.05, 4.69) is 6.58 Å². The van der Waals surface area contributed by atoms with Crippen LogP contribution in [0, 0.1) is 5.92 Å². The van der Waals surface area contributed by atoms with Crippen molar-refractivity contribution in [2.75, 3.05) is 20.6 Å². The molecule has 1 heterocycles. The van der Waals surface area contributed by atoms with E-state index in [0.717, 1.165) is 0 Å². The minimum Gasteiger partial charge on any atom is -0.478 e. The predicted molar refractivity (Wildman–Crippen MR) is 64.0 cm³/mol. The van der Waals surface area contributed by atoms with E-state index in [4.69, 9.17) is 5.11 Å². The van der Waals surface area contributed by atoms with Crippen molar-refractivity contribution in [3.8, 4) is 0 Å². The molecule has 1 aliphatic rings. The number of hydrogen-bond donors (Lipinski definition) is 1. The van der Waals surface area contributed by atoms with Crippen LogP contribution >= 0.6 is 0 Å². The molecule has 0 bridgehead atoms. The van der Waals surface area contributed by atoms with Gasteiger partial charge in [0.1, 0.15) is 0 Å². The van der Waals surface area contributed by atoms with Crippen LogP contribution in [-0.4, -0.2) is 47.4 Å². The number of carboxylic acids is 1. The molecule has 1 atom stereocenters. The smallest absolute Gasteiger partial charge is 0.333 e. The lowest BCUT2D eigenvalue weighted by Gasteiger charge is -2.23. The Labute approximate surface area is 101 Å². The second-order valence-electron chi connectivity index (χ2n) is 4.27. The first-order valence-corrected chi connectivity index (χ1v) is 5.44. The number of likely N-dealkylation sites (tertiary alicyclic amines) is 1. The van der Waals surface area contributed by atoms with Crippen LogP contribution in [0.15, 0.2) is 24.0 Å². The van der Waals surface area contributed by atoms with E-state index in [-0.39, 0.29) is 17.4 Å². The van der Waals surface area contributed by atoms with Gasteiger partial charge in [-0.2, -0.15) is 0 Å². The zero-order valence-corrected chi connectivity index (χ0v) is 10.4. The summed E-state index contributed by atoms with van der Waals surface area (Å²) < 4.78 is 0. The van der Waals surface area contributed by atoms with Gasteiger partial charge in [-0.25, -0.2) is 4.79 Å². The number of amides is 1. The highest BCUT2D eigenvalue weighted by Crippen LogP contribution is 2.28. The molecule has 5 heteroatoms. The van der Waals surface area contributed by atoms with Gasteiger partial charge in [0, 0.05) is 26.3 Å². The van der Waals surface area contributed by atoms with E-state index in [1.807, 2.05) is 0 Å². The topological polar surface area (TPSA) is 60.9 Å². The van der Waals surface area contributed by atoms with Crippen molar-refractivity contribution in [3.63, 3.8) is 0 Å². The second-order valence-corrected chi connectivity index (χ2v) is 4.27. The molecule has 0 spiro atoms. The van der Waals surface area contributed by atoms with Gasteiger partial charge in [0.05, 0.1) is 11.5 Å². The molecule has 0 aliphatic carbocycles. The molecule has 5 nitrogen and oxygen atoms in total. The fourth-order valence-corrected chi connectivity index (χ4v) is 2.15. The summed E-state index contributed by atoms with van der Waals surface area (Å²) in [6, 6.07) is 0. The molecular weight excluding hydrogens is 220 g/mol. The Kier molecular flexibility index (Phi) is 3.93. The maximum absolute atomic E-state index is 12.0. The Morgan fingerprint density at radius 3 is 2.53 bits per heavy atom. The predicted octanol–water partition coefficient (Wildman–Crippen LogP) is 0.899. The molecule has 1 fully saturated rings. The van der Waals surface area contributed by atoms with E-state index in [1.165, 1.54) is 18.0 Å². The normalized spacial score (nSPS) is 21.2. The van der Waals surface area contributed by atoms with Gasteiger partial charge in [0.15, 0.2) is 0 Å². The maximum Gasteiger partial charge on any atom is 0.333 e. The molecule has 0 aromatic rings. The summed E-state index contributed by atoms with van der Waals surface area (Å²) in [5.74, 6) is -1.44. The van der Waals surface area contributed by atoms with Crippen molar-refractivity contribution in [3.05, 3.63) is 24.0 Å². The van der Waals surface area contributed by atoms with Crippen LogP contribution in [0.1, 0.15) is 13.3 Å². The number of carbonyl (C=O) groups is 2.